The van der Waals surface area contributed by atoms with E-state index >= 15 is 0 Å². The van der Waals surface area contributed by atoms with Gasteiger partial charge in [0.15, 0.2) is 0 Å². The molecule has 1 aromatic heterocycles. The van der Waals surface area contributed by atoms with Crippen LogP contribution in [-0.4, -0.2) is 40.7 Å². The van der Waals surface area contributed by atoms with E-state index in [0.29, 0.717) is 35.3 Å². The van der Waals surface area contributed by atoms with Crippen molar-refractivity contribution in [2.75, 3.05) is 5.32 Å². The molecule has 0 radical (unpaired) electrons. The number of sulfonamides is 1. The van der Waals surface area contributed by atoms with Gasteiger partial charge in [-0.2, -0.15) is 4.31 Å². The topological polar surface area (TPSA) is 112 Å². The summed E-state index contributed by atoms with van der Waals surface area (Å²) in [6.07, 6.45) is 3.99. The van der Waals surface area contributed by atoms with Crippen LogP contribution in [0.4, 0.5) is 5.69 Å². The van der Waals surface area contributed by atoms with Crippen LogP contribution >= 0.6 is 0 Å². The molecule has 2 heterocycles. The van der Waals surface area contributed by atoms with Crippen molar-refractivity contribution < 1.29 is 13.2 Å². The molecule has 2 aromatic carbocycles. The van der Waals surface area contributed by atoms with Gasteiger partial charge in [0.25, 0.3) is 5.56 Å². The molecular weight excluding hydrogens is 452 g/mol. The molecule has 3 aromatic rings. The summed E-state index contributed by atoms with van der Waals surface area (Å²) < 4.78 is 27.9. The summed E-state index contributed by atoms with van der Waals surface area (Å²) in [4.78, 5) is 32.0. The van der Waals surface area contributed by atoms with Crippen LogP contribution in [-0.2, 0) is 21.2 Å². The van der Waals surface area contributed by atoms with Gasteiger partial charge in [-0.25, -0.2) is 13.4 Å². The number of amides is 1. The second kappa shape index (κ2) is 10.1. The molecule has 1 amide bonds. The van der Waals surface area contributed by atoms with Gasteiger partial charge in [-0.05, 0) is 69.5 Å². The molecule has 0 saturated carbocycles. The lowest BCUT2D eigenvalue weighted by Gasteiger charge is -2.37. The van der Waals surface area contributed by atoms with Crippen LogP contribution in [0.5, 0.6) is 0 Å². The third-order valence-corrected chi connectivity index (χ3v) is 8.45. The molecular formula is C25H30N4O4S. The van der Waals surface area contributed by atoms with E-state index in [1.54, 1.807) is 46.8 Å². The van der Waals surface area contributed by atoms with E-state index < -0.39 is 10.0 Å². The predicted molar refractivity (Wildman–Crippen MR) is 132 cm³/mol. The minimum absolute atomic E-state index is 0.0276. The number of aromatic amines is 1. The summed E-state index contributed by atoms with van der Waals surface area (Å²) in [6, 6.07) is 13.4. The number of fused-ring (bicyclic) bond motifs is 1. The van der Waals surface area contributed by atoms with Gasteiger partial charge in [0.1, 0.15) is 5.82 Å². The fraction of sp³-hybridized carbons (Fsp3) is 0.400. The van der Waals surface area contributed by atoms with Crippen LogP contribution in [0, 0.1) is 0 Å². The zero-order chi connectivity index (χ0) is 24.3. The lowest BCUT2D eigenvalue weighted by atomic mass is 10.0. The first-order chi connectivity index (χ1) is 16.3. The zero-order valence-corrected chi connectivity index (χ0v) is 20.3. The smallest absolute Gasteiger partial charge is 0.258 e. The summed E-state index contributed by atoms with van der Waals surface area (Å²) >= 11 is 0. The number of aryl methyl sites for hydroxylation is 1. The van der Waals surface area contributed by atoms with Gasteiger partial charge < -0.3 is 10.3 Å². The number of nitrogens with zero attached hydrogens (tertiary/aromatic N) is 2. The minimum atomic E-state index is -3.59. The number of benzene rings is 2. The fourth-order valence-electron chi connectivity index (χ4n) is 4.60. The van der Waals surface area contributed by atoms with Crippen molar-refractivity contribution in [1.82, 2.24) is 14.3 Å². The van der Waals surface area contributed by atoms with Gasteiger partial charge in [0.2, 0.25) is 15.9 Å². The van der Waals surface area contributed by atoms with Gasteiger partial charge in [0, 0.05) is 30.6 Å². The first kappa shape index (κ1) is 24.1. The molecule has 2 N–H and O–H groups in total. The number of hydrogen-bond acceptors (Lipinski definition) is 5. The van der Waals surface area contributed by atoms with Crippen molar-refractivity contribution in [3.05, 3.63) is 64.7 Å². The highest BCUT2D eigenvalue weighted by Crippen LogP contribution is 2.30. The normalized spacial score (nSPS) is 19.2. The van der Waals surface area contributed by atoms with Gasteiger partial charge in [-0.3, -0.25) is 9.59 Å². The van der Waals surface area contributed by atoms with Gasteiger partial charge in [-0.1, -0.05) is 18.6 Å². The molecule has 1 aliphatic heterocycles. The predicted octanol–water partition coefficient (Wildman–Crippen LogP) is 3.84. The Morgan fingerprint density at radius 3 is 2.47 bits per heavy atom. The van der Waals surface area contributed by atoms with Crippen molar-refractivity contribution in [2.24, 2.45) is 0 Å². The second-order valence-electron chi connectivity index (χ2n) is 8.92. The standard InChI is InChI=1S/C25H30N4O4S/c1-17-7-5-8-18(2)29(17)34(32,33)20-15-13-19(14-16-20)26-24(30)12-6-11-23-27-22-10-4-3-9-21(22)25(31)28-23/h3-4,9-10,13-18H,5-8,11-12H2,1-2H3,(H,26,30)(H,27,28,31). The number of para-hydroxylation sites is 1. The number of carbonyl (C=O) groups is 1. The lowest BCUT2D eigenvalue weighted by molar-refractivity contribution is -0.116. The number of hydrogen-bond donors (Lipinski definition) is 2. The number of rotatable bonds is 7. The number of H-pyrrole nitrogens is 1. The first-order valence-corrected chi connectivity index (χ1v) is 13.1. The molecule has 2 atom stereocenters. The summed E-state index contributed by atoms with van der Waals surface area (Å²) in [5, 5.41) is 3.35. The third-order valence-electron chi connectivity index (χ3n) is 6.31. The first-order valence-electron chi connectivity index (χ1n) is 11.7. The van der Waals surface area contributed by atoms with E-state index in [2.05, 4.69) is 15.3 Å². The summed E-state index contributed by atoms with van der Waals surface area (Å²) in [6.45, 7) is 3.90. The quantitative estimate of drug-likeness (QED) is 0.531. The Morgan fingerprint density at radius 1 is 1.09 bits per heavy atom. The number of nitrogens with one attached hydrogen (secondary N) is 2. The Balaban J connectivity index is 1.34. The van der Waals surface area contributed by atoms with Crippen LogP contribution in [0.25, 0.3) is 10.9 Å². The Kier molecular flexibility index (Phi) is 7.13. The highest BCUT2D eigenvalue weighted by molar-refractivity contribution is 7.89. The molecule has 0 bridgehead atoms. The Bertz CT molecular complexity index is 1330. The van der Waals surface area contributed by atoms with Crippen molar-refractivity contribution >= 4 is 32.5 Å². The maximum atomic E-state index is 13.1. The molecule has 34 heavy (non-hydrogen) atoms. The molecule has 1 saturated heterocycles. The maximum absolute atomic E-state index is 13.1. The van der Waals surface area contributed by atoms with E-state index in [4.69, 9.17) is 0 Å². The van der Waals surface area contributed by atoms with E-state index in [1.807, 2.05) is 19.9 Å². The van der Waals surface area contributed by atoms with E-state index in [9.17, 15) is 18.0 Å². The molecule has 1 fully saturated rings. The Morgan fingerprint density at radius 2 is 1.76 bits per heavy atom. The van der Waals surface area contributed by atoms with Crippen molar-refractivity contribution in [1.29, 1.82) is 0 Å². The summed E-state index contributed by atoms with van der Waals surface area (Å²) in [5.74, 6) is 0.365. The molecule has 8 nitrogen and oxygen atoms in total. The third kappa shape index (κ3) is 5.20. The maximum Gasteiger partial charge on any atom is 0.258 e. The van der Waals surface area contributed by atoms with Crippen LogP contribution in [0.1, 0.15) is 51.8 Å². The molecule has 0 aliphatic carbocycles. The van der Waals surface area contributed by atoms with E-state index in [0.717, 1.165) is 19.3 Å². The SMILES string of the molecule is CC1CCCC(C)N1S(=O)(=O)c1ccc(NC(=O)CCCc2nc3ccccc3c(=O)[nH]2)cc1. The number of carbonyl (C=O) groups excluding carboxylic acids is 1. The lowest BCUT2D eigenvalue weighted by Crippen LogP contribution is -2.47. The fourth-order valence-corrected chi connectivity index (χ4v) is 6.48. The number of piperidine rings is 1. The number of anilines is 1. The highest BCUT2D eigenvalue weighted by Gasteiger charge is 2.35. The van der Waals surface area contributed by atoms with Gasteiger partial charge in [0.05, 0.1) is 15.8 Å². The van der Waals surface area contributed by atoms with Gasteiger partial charge in [-0.15, -0.1) is 0 Å². The Hall–Kier alpha value is -3.04. The molecule has 2 unspecified atom stereocenters. The molecule has 0 spiro atoms. The molecule has 4 rings (SSSR count). The van der Waals surface area contributed by atoms with Crippen molar-refractivity contribution in [3.8, 4) is 0 Å². The highest BCUT2D eigenvalue weighted by atomic mass is 32.2. The van der Waals surface area contributed by atoms with Crippen LogP contribution in [0.2, 0.25) is 0 Å². The number of aromatic nitrogens is 2. The van der Waals surface area contributed by atoms with E-state index in [-0.39, 0.29) is 34.9 Å². The second-order valence-corrected chi connectivity index (χ2v) is 10.8. The van der Waals surface area contributed by atoms with Crippen LogP contribution in [0.3, 0.4) is 0 Å². The van der Waals surface area contributed by atoms with Crippen LogP contribution < -0.4 is 10.9 Å². The van der Waals surface area contributed by atoms with Gasteiger partial charge >= 0.3 is 0 Å². The van der Waals surface area contributed by atoms with Crippen molar-refractivity contribution in [3.63, 3.8) is 0 Å². The van der Waals surface area contributed by atoms with Crippen molar-refractivity contribution in [2.45, 2.75) is 69.4 Å². The Labute approximate surface area is 199 Å². The largest absolute Gasteiger partial charge is 0.326 e. The molecule has 180 valence electrons. The zero-order valence-electron chi connectivity index (χ0n) is 19.5. The summed E-state index contributed by atoms with van der Waals surface area (Å²) in [5.41, 5.74) is 0.989. The average molecular weight is 483 g/mol. The molecule has 9 heteroatoms. The average Bonchev–Trinajstić information content (AvgIpc) is 2.79. The minimum Gasteiger partial charge on any atom is -0.326 e. The summed E-state index contributed by atoms with van der Waals surface area (Å²) in [7, 11) is -3.59. The van der Waals surface area contributed by atoms with E-state index in [1.165, 1.54) is 0 Å². The molecule has 1 aliphatic rings. The van der Waals surface area contributed by atoms with Crippen LogP contribution in [0.15, 0.2) is 58.2 Å². The monoisotopic (exact) mass is 482 g/mol.